The summed E-state index contributed by atoms with van der Waals surface area (Å²) in [6, 6.07) is 6.10. The van der Waals surface area contributed by atoms with Gasteiger partial charge in [0.05, 0.1) is 17.9 Å². The standard InChI is InChI=1S/C16H19N5/c1-11(2)13-9-15-16(18-7-8-21(15)20-13)19-10-14-12(3)5-4-6-17-14/h4-9,11H,10H2,1-3H3,(H,18,19). The van der Waals surface area contributed by atoms with Crippen LogP contribution in [0.25, 0.3) is 5.52 Å². The topological polar surface area (TPSA) is 55.1 Å². The molecule has 0 saturated carbocycles. The number of aromatic nitrogens is 4. The summed E-state index contributed by atoms with van der Waals surface area (Å²) in [5.41, 5.74) is 4.27. The van der Waals surface area contributed by atoms with Crippen molar-refractivity contribution in [2.45, 2.75) is 33.2 Å². The second kappa shape index (κ2) is 5.52. The van der Waals surface area contributed by atoms with Crippen LogP contribution in [0.3, 0.4) is 0 Å². The lowest BCUT2D eigenvalue weighted by Crippen LogP contribution is -2.06. The second-order valence-corrected chi connectivity index (χ2v) is 5.45. The van der Waals surface area contributed by atoms with Gasteiger partial charge in [-0.05, 0) is 30.5 Å². The number of pyridine rings is 1. The van der Waals surface area contributed by atoms with E-state index in [1.807, 2.05) is 23.0 Å². The smallest absolute Gasteiger partial charge is 0.152 e. The molecule has 0 atom stereocenters. The fraction of sp³-hybridized carbons (Fsp3) is 0.312. The Morgan fingerprint density at radius 3 is 2.86 bits per heavy atom. The summed E-state index contributed by atoms with van der Waals surface area (Å²) in [6.45, 7) is 6.99. The molecule has 0 aliphatic carbocycles. The summed E-state index contributed by atoms with van der Waals surface area (Å²) in [7, 11) is 0. The summed E-state index contributed by atoms with van der Waals surface area (Å²) >= 11 is 0. The number of rotatable bonds is 4. The van der Waals surface area contributed by atoms with Gasteiger partial charge in [-0.15, -0.1) is 0 Å². The molecule has 5 nitrogen and oxygen atoms in total. The highest BCUT2D eigenvalue weighted by molar-refractivity contribution is 5.67. The van der Waals surface area contributed by atoms with E-state index >= 15 is 0 Å². The Hall–Kier alpha value is -2.43. The Bertz CT molecular complexity index is 760. The number of nitrogens with one attached hydrogen (secondary N) is 1. The van der Waals surface area contributed by atoms with Gasteiger partial charge in [-0.3, -0.25) is 4.98 Å². The van der Waals surface area contributed by atoms with E-state index in [2.05, 4.69) is 53.3 Å². The van der Waals surface area contributed by atoms with Crippen LogP contribution in [0.4, 0.5) is 5.82 Å². The van der Waals surface area contributed by atoms with E-state index in [0.29, 0.717) is 12.5 Å². The average Bonchev–Trinajstić information content (AvgIpc) is 2.91. The zero-order valence-electron chi connectivity index (χ0n) is 12.5. The van der Waals surface area contributed by atoms with Crippen LogP contribution in [-0.4, -0.2) is 19.6 Å². The highest BCUT2D eigenvalue weighted by Gasteiger charge is 2.10. The maximum absolute atomic E-state index is 4.57. The molecule has 21 heavy (non-hydrogen) atoms. The lowest BCUT2D eigenvalue weighted by Gasteiger charge is -2.08. The zero-order chi connectivity index (χ0) is 14.8. The van der Waals surface area contributed by atoms with Gasteiger partial charge < -0.3 is 5.32 Å². The van der Waals surface area contributed by atoms with Crippen molar-refractivity contribution >= 4 is 11.3 Å². The van der Waals surface area contributed by atoms with Crippen LogP contribution in [0.1, 0.15) is 36.7 Å². The highest BCUT2D eigenvalue weighted by Crippen LogP contribution is 2.20. The first-order chi connectivity index (χ1) is 10.1. The normalized spacial score (nSPS) is 11.2. The Balaban J connectivity index is 1.88. The Kier molecular flexibility index (Phi) is 3.56. The average molecular weight is 281 g/mol. The van der Waals surface area contributed by atoms with Gasteiger partial charge in [-0.2, -0.15) is 5.10 Å². The summed E-state index contributed by atoms with van der Waals surface area (Å²) < 4.78 is 1.87. The number of fused-ring (bicyclic) bond motifs is 1. The Labute approximate surface area is 124 Å². The van der Waals surface area contributed by atoms with Crippen LogP contribution in [0.2, 0.25) is 0 Å². The maximum atomic E-state index is 4.57. The molecule has 0 aromatic carbocycles. The SMILES string of the molecule is Cc1cccnc1CNc1nccn2nc(C(C)C)cc12. The molecule has 0 aliphatic rings. The molecule has 5 heteroatoms. The molecule has 0 radical (unpaired) electrons. The predicted octanol–water partition coefficient (Wildman–Crippen LogP) is 3.17. The molecule has 3 aromatic heterocycles. The lowest BCUT2D eigenvalue weighted by atomic mass is 10.1. The van der Waals surface area contributed by atoms with Crippen LogP contribution in [-0.2, 0) is 6.54 Å². The predicted molar refractivity (Wildman–Crippen MR) is 83.4 cm³/mol. The molecule has 108 valence electrons. The first-order valence-electron chi connectivity index (χ1n) is 7.14. The number of anilines is 1. The summed E-state index contributed by atoms with van der Waals surface area (Å²) in [5, 5.41) is 7.93. The first kappa shape index (κ1) is 13.5. The molecule has 0 unspecified atom stereocenters. The van der Waals surface area contributed by atoms with Gasteiger partial charge in [0.15, 0.2) is 5.82 Å². The number of hydrogen-bond donors (Lipinski definition) is 1. The van der Waals surface area contributed by atoms with Gasteiger partial charge in [0, 0.05) is 18.6 Å². The molecular formula is C16H19N5. The number of hydrogen-bond acceptors (Lipinski definition) is 4. The van der Waals surface area contributed by atoms with Gasteiger partial charge in [-0.25, -0.2) is 9.50 Å². The Morgan fingerprint density at radius 2 is 2.10 bits per heavy atom. The Morgan fingerprint density at radius 1 is 1.24 bits per heavy atom. The third-order valence-electron chi connectivity index (χ3n) is 3.54. The van der Waals surface area contributed by atoms with Crippen molar-refractivity contribution in [2.75, 3.05) is 5.32 Å². The molecule has 3 rings (SSSR count). The number of nitrogens with zero attached hydrogens (tertiary/aromatic N) is 4. The molecule has 3 heterocycles. The van der Waals surface area contributed by atoms with Crippen LogP contribution >= 0.6 is 0 Å². The molecule has 0 fully saturated rings. The van der Waals surface area contributed by atoms with E-state index in [-0.39, 0.29) is 0 Å². The van der Waals surface area contributed by atoms with E-state index in [4.69, 9.17) is 0 Å². The zero-order valence-corrected chi connectivity index (χ0v) is 12.5. The fourth-order valence-electron chi connectivity index (χ4n) is 2.23. The third-order valence-corrected chi connectivity index (χ3v) is 3.54. The van der Waals surface area contributed by atoms with E-state index < -0.39 is 0 Å². The highest BCUT2D eigenvalue weighted by atomic mass is 15.2. The minimum atomic E-state index is 0.399. The minimum Gasteiger partial charge on any atom is -0.363 e. The van der Waals surface area contributed by atoms with Crippen LogP contribution in [0, 0.1) is 6.92 Å². The maximum Gasteiger partial charge on any atom is 0.152 e. The monoisotopic (exact) mass is 281 g/mol. The molecule has 0 amide bonds. The van der Waals surface area contributed by atoms with Gasteiger partial charge in [-0.1, -0.05) is 19.9 Å². The molecule has 0 aliphatic heterocycles. The van der Waals surface area contributed by atoms with Crippen LogP contribution in [0.15, 0.2) is 36.8 Å². The van der Waals surface area contributed by atoms with Crippen molar-refractivity contribution < 1.29 is 0 Å². The summed E-state index contributed by atoms with van der Waals surface area (Å²) in [5.74, 6) is 1.23. The fourth-order valence-corrected chi connectivity index (χ4v) is 2.23. The summed E-state index contributed by atoms with van der Waals surface area (Å²) in [6.07, 6.45) is 5.45. The van der Waals surface area contributed by atoms with Gasteiger partial charge >= 0.3 is 0 Å². The molecule has 1 N–H and O–H groups in total. The molecule has 0 bridgehead atoms. The largest absolute Gasteiger partial charge is 0.363 e. The van der Waals surface area contributed by atoms with Crippen molar-refractivity contribution in [1.29, 1.82) is 0 Å². The molecule has 0 saturated heterocycles. The molecule has 0 spiro atoms. The van der Waals surface area contributed by atoms with E-state index in [0.717, 1.165) is 22.7 Å². The van der Waals surface area contributed by atoms with E-state index in [1.54, 1.807) is 6.20 Å². The van der Waals surface area contributed by atoms with Crippen molar-refractivity contribution in [3.05, 3.63) is 53.7 Å². The first-order valence-corrected chi connectivity index (χ1v) is 7.14. The van der Waals surface area contributed by atoms with Gasteiger partial charge in [0.1, 0.15) is 5.52 Å². The quantitative estimate of drug-likeness (QED) is 0.798. The van der Waals surface area contributed by atoms with E-state index in [1.165, 1.54) is 5.56 Å². The van der Waals surface area contributed by atoms with Crippen molar-refractivity contribution in [1.82, 2.24) is 19.6 Å². The van der Waals surface area contributed by atoms with Crippen LogP contribution in [0.5, 0.6) is 0 Å². The van der Waals surface area contributed by atoms with Crippen LogP contribution < -0.4 is 5.32 Å². The van der Waals surface area contributed by atoms with E-state index in [9.17, 15) is 0 Å². The second-order valence-electron chi connectivity index (χ2n) is 5.45. The third kappa shape index (κ3) is 2.72. The van der Waals surface area contributed by atoms with Crippen molar-refractivity contribution in [3.63, 3.8) is 0 Å². The number of aryl methyl sites for hydroxylation is 1. The summed E-state index contributed by atoms with van der Waals surface area (Å²) in [4.78, 5) is 8.82. The van der Waals surface area contributed by atoms with Gasteiger partial charge in [0.2, 0.25) is 0 Å². The van der Waals surface area contributed by atoms with Crippen molar-refractivity contribution in [3.8, 4) is 0 Å². The minimum absolute atomic E-state index is 0.399. The molecular weight excluding hydrogens is 262 g/mol. The molecule has 3 aromatic rings. The van der Waals surface area contributed by atoms with Gasteiger partial charge in [0.25, 0.3) is 0 Å². The lowest BCUT2D eigenvalue weighted by molar-refractivity contribution is 0.787. The van der Waals surface area contributed by atoms with Crippen molar-refractivity contribution in [2.24, 2.45) is 0 Å².